The second-order valence-electron chi connectivity index (χ2n) is 3.47. The summed E-state index contributed by atoms with van der Waals surface area (Å²) in [5.41, 5.74) is 0.0280. The van der Waals surface area contributed by atoms with E-state index in [9.17, 15) is 9.18 Å². The molecule has 1 aromatic carbocycles. The minimum Gasteiger partial charge on any atom is -0.328 e. The molecule has 1 heterocycles. The molecule has 2 rings (SSSR count). The molecule has 5 heteroatoms. The zero-order chi connectivity index (χ0) is 12.4. The SMILES string of the molecule is CCn1ccnc1C(=O)c1cccc(Br)c1F. The van der Waals surface area contributed by atoms with Gasteiger partial charge in [-0.3, -0.25) is 4.79 Å². The van der Waals surface area contributed by atoms with E-state index in [-0.39, 0.29) is 15.9 Å². The van der Waals surface area contributed by atoms with Crippen molar-refractivity contribution in [1.82, 2.24) is 9.55 Å². The smallest absolute Gasteiger partial charge is 0.231 e. The Morgan fingerprint density at radius 3 is 3.00 bits per heavy atom. The molecule has 88 valence electrons. The van der Waals surface area contributed by atoms with Crippen LogP contribution in [0.15, 0.2) is 35.1 Å². The second-order valence-corrected chi connectivity index (χ2v) is 4.32. The number of halogens is 2. The molecular formula is C12H10BrFN2O. The maximum Gasteiger partial charge on any atom is 0.231 e. The van der Waals surface area contributed by atoms with Crippen molar-refractivity contribution in [2.24, 2.45) is 0 Å². The average molecular weight is 297 g/mol. The highest BCUT2D eigenvalue weighted by Gasteiger charge is 2.19. The third kappa shape index (κ3) is 2.15. The van der Waals surface area contributed by atoms with Crippen LogP contribution in [-0.4, -0.2) is 15.3 Å². The molecule has 0 spiro atoms. The zero-order valence-electron chi connectivity index (χ0n) is 9.15. The number of nitrogens with zero attached hydrogens (tertiary/aromatic N) is 2. The lowest BCUT2D eigenvalue weighted by molar-refractivity contribution is 0.102. The largest absolute Gasteiger partial charge is 0.328 e. The van der Waals surface area contributed by atoms with Crippen LogP contribution in [0.3, 0.4) is 0 Å². The summed E-state index contributed by atoms with van der Waals surface area (Å²) in [7, 11) is 0. The lowest BCUT2D eigenvalue weighted by atomic mass is 10.1. The minimum absolute atomic E-state index is 0.0280. The van der Waals surface area contributed by atoms with Gasteiger partial charge in [-0.1, -0.05) is 6.07 Å². The summed E-state index contributed by atoms with van der Waals surface area (Å²) in [6.45, 7) is 2.52. The summed E-state index contributed by atoms with van der Waals surface area (Å²) >= 11 is 3.06. The molecule has 0 atom stereocenters. The van der Waals surface area contributed by atoms with Gasteiger partial charge in [0.15, 0.2) is 5.82 Å². The van der Waals surface area contributed by atoms with Crippen molar-refractivity contribution >= 4 is 21.7 Å². The number of aromatic nitrogens is 2. The van der Waals surface area contributed by atoms with Crippen molar-refractivity contribution in [2.75, 3.05) is 0 Å². The standard InChI is InChI=1S/C12H10BrFN2O/c1-2-16-7-6-15-12(16)11(17)8-4-3-5-9(13)10(8)14/h3-7H,2H2,1H3. The van der Waals surface area contributed by atoms with Crippen molar-refractivity contribution in [3.8, 4) is 0 Å². The number of hydrogen-bond donors (Lipinski definition) is 0. The molecule has 0 aliphatic heterocycles. The summed E-state index contributed by atoms with van der Waals surface area (Å²) in [5.74, 6) is -0.705. The Labute approximate surface area is 106 Å². The van der Waals surface area contributed by atoms with Crippen LogP contribution in [0, 0.1) is 5.82 Å². The van der Waals surface area contributed by atoms with Gasteiger partial charge in [0.25, 0.3) is 0 Å². The van der Waals surface area contributed by atoms with E-state index in [0.29, 0.717) is 6.54 Å². The number of benzene rings is 1. The molecular weight excluding hydrogens is 287 g/mol. The molecule has 0 N–H and O–H groups in total. The van der Waals surface area contributed by atoms with Gasteiger partial charge in [0.05, 0.1) is 10.0 Å². The first kappa shape index (κ1) is 12.0. The molecule has 0 saturated carbocycles. The van der Waals surface area contributed by atoms with Crippen LogP contribution in [0.2, 0.25) is 0 Å². The Balaban J connectivity index is 2.48. The lowest BCUT2D eigenvalue weighted by Gasteiger charge is -2.05. The summed E-state index contributed by atoms with van der Waals surface area (Å²) in [6.07, 6.45) is 3.23. The molecule has 17 heavy (non-hydrogen) atoms. The fraction of sp³-hybridized carbons (Fsp3) is 0.167. The monoisotopic (exact) mass is 296 g/mol. The van der Waals surface area contributed by atoms with Crippen molar-refractivity contribution in [3.63, 3.8) is 0 Å². The molecule has 0 unspecified atom stereocenters. The lowest BCUT2D eigenvalue weighted by Crippen LogP contribution is -2.12. The molecule has 0 radical (unpaired) electrons. The van der Waals surface area contributed by atoms with E-state index in [1.54, 1.807) is 22.9 Å². The second kappa shape index (κ2) is 4.79. The Hall–Kier alpha value is -1.49. The molecule has 0 aliphatic rings. The molecule has 0 fully saturated rings. The van der Waals surface area contributed by atoms with Gasteiger partial charge in [-0.15, -0.1) is 0 Å². The number of imidazole rings is 1. The highest BCUT2D eigenvalue weighted by Crippen LogP contribution is 2.20. The Morgan fingerprint density at radius 2 is 2.29 bits per heavy atom. The fourth-order valence-electron chi connectivity index (χ4n) is 1.57. The Morgan fingerprint density at radius 1 is 1.53 bits per heavy atom. The minimum atomic E-state index is -0.553. The first-order chi connectivity index (χ1) is 8.15. The summed E-state index contributed by atoms with van der Waals surface area (Å²) in [5, 5.41) is 0. The predicted molar refractivity (Wildman–Crippen MR) is 65.4 cm³/mol. The van der Waals surface area contributed by atoms with Crippen molar-refractivity contribution in [2.45, 2.75) is 13.5 Å². The highest BCUT2D eigenvalue weighted by molar-refractivity contribution is 9.10. The maximum absolute atomic E-state index is 13.8. The molecule has 0 aliphatic carbocycles. The number of rotatable bonds is 3. The van der Waals surface area contributed by atoms with Gasteiger partial charge in [-0.25, -0.2) is 9.37 Å². The van der Waals surface area contributed by atoms with Crippen molar-refractivity contribution in [3.05, 3.63) is 52.3 Å². The fourth-order valence-corrected chi connectivity index (χ4v) is 1.94. The van der Waals surface area contributed by atoms with Crippen LogP contribution >= 0.6 is 15.9 Å². The van der Waals surface area contributed by atoms with Gasteiger partial charge < -0.3 is 4.57 Å². The quantitative estimate of drug-likeness (QED) is 0.816. The van der Waals surface area contributed by atoms with Gasteiger partial charge >= 0.3 is 0 Å². The number of carbonyl (C=O) groups excluding carboxylic acids is 1. The zero-order valence-corrected chi connectivity index (χ0v) is 10.7. The van der Waals surface area contributed by atoms with Crippen LogP contribution in [0.25, 0.3) is 0 Å². The van der Waals surface area contributed by atoms with E-state index >= 15 is 0 Å². The predicted octanol–water partition coefficient (Wildman–Crippen LogP) is 3.04. The van der Waals surface area contributed by atoms with E-state index in [4.69, 9.17) is 0 Å². The Kier molecular flexibility index (Phi) is 3.38. The molecule has 0 amide bonds. The summed E-state index contributed by atoms with van der Waals surface area (Å²) < 4.78 is 15.7. The van der Waals surface area contributed by atoms with E-state index in [0.717, 1.165) is 0 Å². The van der Waals surface area contributed by atoms with Crippen molar-refractivity contribution < 1.29 is 9.18 Å². The number of hydrogen-bond acceptors (Lipinski definition) is 2. The summed E-state index contributed by atoms with van der Waals surface area (Å²) in [4.78, 5) is 16.1. The number of carbonyl (C=O) groups is 1. The molecule has 3 nitrogen and oxygen atoms in total. The van der Waals surface area contributed by atoms with Crippen LogP contribution < -0.4 is 0 Å². The molecule has 1 aromatic heterocycles. The van der Waals surface area contributed by atoms with Crippen LogP contribution in [0.5, 0.6) is 0 Å². The van der Waals surface area contributed by atoms with Gasteiger partial charge in [0.2, 0.25) is 5.78 Å². The van der Waals surface area contributed by atoms with Crippen molar-refractivity contribution in [1.29, 1.82) is 0 Å². The van der Waals surface area contributed by atoms with Gasteiger partial charge in [0, 0.05) is 18.9 Å². The third-order valence-electron chi connectivity index (χ3n) is 2.46. The summed E-state index contributed by atoms with van der Waals surface area (Å²) in [6, 6.07) is 4.63. The highest BCUT2D eigenvalue weighted by atomic mass is 79.9. The third-order valence-corrected chi connectivity index (χ3v) is 3.07. The average Bonchev–Trinajstić information content (AvgIpc) is 2.80. The first-order valence-corrected chi connectivity index (χ1v) is 5.94. The van der Waals surface area contributed by atoms with E-state index in [1.807, 2.05) is 6.92 Å². The molecule has 2 aromatic rings. The van der Waals surface area contributed by atoms with E-state index in [2.05, 4.69) is 20.9 Å². The van der Waals surface area contributed by atoms with E-state index < -0.39 is 11.6 Å². The normalized spacial score (nSPS) is 10.5. The topological polar surface area (TPSA) is 34.9 Å². The van der Waals surface area contributed by atoms with E-state index in [1.165, 1.54) is 12.3 Å². The number of ketones is 1. The molecule has 0 saturated heterocycles. The van der Waals surface area contributed by atoms with Crippen LogP contribution in [0.1, 0.15) is 23.1 Å². The first-order valence-electron chi connectivity index (χ1n) is 5.15. The van der Waals surface area contributed by atoms with Crippen LogP contribution in [0.4, 0.5) is 4.39 Å². The number of aryl methyl sites for hydroxylation is 1. The Bertz CT molecular complexity index is 565. The molecule has 0 bridgehead atoms. The maximum atomic E-state index is 13.8. The van der Waals surface area contributed by atoms with Gasteiger partial charge in [-0.2, -0.15) is 0 Å². The van der Waals surface area contributed by atoms with Gasteiger partial charge in [-0.05, 0) is 35.0 Å². The van der Waals surface area contributed by atoms with Gasteiger partial charge in [0.1, 0.15) is 5.82 Å². The van der Waals surface area contributed by atoms with Crippen LogP contribution in [-0.2, 0) is 6.54 Å².